The van der Waals surface area contributed by atoms with Crippen molar-refractivity contribution in [2.45, 2.75) is 64.8 Å². The van der Waals surface area contributed by atoms with E-state index >= 15 is 0 Å². The van der Waals surface area contributed by atoms with E-state index in [2.05, 4.69) is 24.5 Å². The fraction of sp³-hybridized carbons (Fsp3) is 0.882. The summed E-state index contributed by atoms with van der Waals surface area (Å²) in [6, 6.07) is 0. The van der Waals surface area contributed by atoms with Gasteiger partial charge in [0.1, 0.15) is 0 Å². The monoisotopic (exact) mass is 292 g/mol. The highest BCUT2D eigenvalue weighted by molar-refractivity contribution is 5.84. The van der Waals surface area contributed by atoms with Crippen LogP contribution in [-0.2, 0) is 9.59 Å². The van der Waals surface area contributed by atoms with Gasteiger partial charge in [-0.15, -0.1) is 0 Å². The molecular formula is C17H28N2O2. The van der Waals surface area contributed by atoms with Crippen LogP contribution >= 0.6 is 0 Å². The zero-order valence-corrected chi connectivity index (χ0v) is 13.5. The molecule has 0 aromatic rings. The summed E-state index contributed by atoms with van der Waals surface area (Å²) in [4.78, 5) is 24.4. The molecule has 0 aromatic carbocycles. The molecule has 118 valence electrons. The Labute approximate surface area is 127 Å². The van der Waals surface area contributed by atoms with Crippen LogP contribution in [0, 0.1) is 23.2 Å². The van der Waals surface area contributed by atoms with Crippen LogP contribution in [0.5, 0.6) is 0 Å². The lowest BCUT2D eigenvalue weighted by molar-refractivity contribution is -0.153. The van der Waals surface area contributed by atoms with Crippen LogP contribution in [0.3, 0.4) is 0 Å². The SMILES string of the molecule is CC(=O)NC12CC3CC(C1)CC(C(=O)NCC(C)C)(C3)C2. The third kappa shape index (κ3) is 2.69. The van der Waals surface area contributed by atoms with E-state index in [1.807, 2.05) is 0 Å². The van der Waals surface area contributed by atoms with Gasteiger partial charge in [0.05, 0.1) is 5.41 Å². The van der Waals surface area contributed by atoms with Crippen LogP contribution < -0.4 is 10.6 Å². The summed E-state index contributed by atoms with van der Waals surface area (Å²) in [5.41, 5.74) is -0.327. The summed E-state index contributed by atoms with van der Waals surface area (Å²) >= 11 is 0. The molecule has 0 spiro atoms. The second-order valence-corrected chi connectivity index (χ2v) is 8.31. The van der Waals surface area contributed by atoms with Crippen molar-refractivity contribution in [1.82, 2.24) is 10.6 Å². The summed E-state index contributed by atoms with van der Waals surface area (Å²) in [5.74, 6) is 1.99. The van der Waals surface area contributed by atoms with Crippen molar-refractivity contribution in [2.24, 2.45) is 23.2 Å². The molecule has 4 nitrogen and oxygen atoms in total. The van der Waals surface area contributed by atoms with Gasteiger partial charge < -0.3 is 10.6 Å². The maximum atomic E-state index is 12.8. The molecule has 2 amide bonds. The van der Waals surface area contributed by atoms with Crippen molar-refractivity contribution in [3.8, 4) is 0 Å². The number of nitrogens with one attached hydrogen (secondary N) is 2. The van der Waals surface area contributed by atoms with Crippen LogP contribution in [0.1, 0.15) is 59.3 Å². The van der Waals surface area contributed by atoms with Gasteiger partial charge in [-0.3, -0.25) is 9.59 Å². The molecular weight excluding hydrogens is 264 g/mol. The van der Waals surface area contributed by atoms with Crippen molar-refractivity contribution in [2.75, 3.05) is 6.54 Å². The summed E-state index contributed by atoms with van der Waals surface area (Å²) in [6.45, 7) is 6.60. The number of carbonyl (C=O) groups excluding carboxylic acids is 2. The Morgan fingerprint density at radius 3 is 2.29 bits per heavy atom. The van der Waals surface area contributed by atoms with Crippen LogP contribution in [-0.4, -0.2) is 23.9 Å². The molecule has 2 atom stereocenters. The van der Waals surface area contributed by atoms with Gasteiger partial charge in [0.2, 0.25) is 11.8 Å². The molecule has 0 heterocycles. The Bertz CT molecular complexity index is 444. The summed E-state index contributed by atoms with van der Waals surface area (Å²) in [7, 11) is 0. The Balaban J connectivity index is 1.80. The topological polar surface area (TPSA) is 58.2 Å². The third-order valence-electron chi connectivity index (χ3n) is 5.65. The first-order valence-electron chi connectivity index (χ1n) is 8.40. The lowest BCUT2D eigenvalue weighted by atomic mass is 9.46. The fourth-order valence-electron chi connectivity index (χ4n) is 5.53. The average Bonchev–Trinajstić information content (AvgIpc) is 2.32. The molecule has 2 unspecified atom stereocenters. The zero-order valence-electron chi connectivity index (χ0n) is 13.5. The number of amides is 2. The largest absolute Gasteiger partial charge is 0.355 e. The molecule has 0 aromatic heterocycles. The second kappa shape index (κ2) is 4.99. The maximum absolute atomic E-state index is 12.8. The van der Waals surface area contributed by atoms with Gasteiger partial charge in [-0.2, -0.15) is 0 Å². The van der Waals surface area contributed by atoms with Crippen LogP contribution in [0.25, 0.3) is 0 Å². The standard InChI is InChI=1S/C17H28N2O2/c1-11(2)9-18-15(21)16-5-13-4-14(6-16)8-17(7-13,10-16)19-12(3)20/h11,13-14H,4-10H2,1-3H3,(H,18,21)(H,19,20). The fourth-order valence-corrected chi connectivity index (χ4v) is 5.53. The van der Waals surface area contributed by atoms with Gasteiger partial charge in [-0.25, -0.2) is 0 Å². The van der Waals surface area contributed by atoms with Gasteiger partial charge in [-0.05, 0) is 56.3 Å². The number of hydrogen-bond acceptors (Lipinski definition) is 2. The van der Waals surface area contributed by atoms with Gasteiger partial charge in [0.25, 0.3) is 0 Å². The molecule has 4 rings (SSSR count). The van der Waals surface area contributed by atoms with Crippen molar-refractivity contribution < 1.29 is 9.59 Å². The summed E-state index contributed by atoms with van der Waals surface area (Å²) < 4.78 is 0. The smallest absolute Gasteiger partial charge is 0.226 e. The van der Waals surface area contributed by atoms with E-state index in [1.165, 1.54) is 6.42 Å². The van der Waals surface area contributed by atoms with E-state index in [9.17, 15) is 9.59 Å². The van der Waals surface area contributed by atoms with Crippen LogP contribution in [0.15, 0.2) is 0 Å². The van der Waals surface area contributed by atoms with Crippen molar-refractivity contribution in [3.63, 3.8) is 0 Å². The molecule has 4 fully saturated rings. The molecule has 0 radical (unpaired) electrons. The number of rotatable bonds is 4. The number of carbonyl (C=O) groups is 2. The highest BCUT2D eigenvalue weighted by atomic mass is 16.2. The Morgan fingerprint density at radius 1 is 1.14 bits per heavy atom. The Kier molecular flexibility index (Phi) is 3.53. The van der Waals surface area contributed by atoms with Crippen molar-refractivity contribution in [3.05, 3.63) is 0 Å². The predicted octanol–water partition coefficient (Wildman–Crippen LogP) is 2.23. The van der Waals surface area contributed by atoms with E-state index in [4.69, 9.17) is 0 Å². The maximum Gasteiger partial charge on any atom is 0.226 e. The summed E-state index contributed by atoms with van der Waals surface area (Å²) in [6.07, 6.45) is 6.28. The lowest BCUT2D eigenvalue weighted by Gasteiger charge is -2.61. The molecule has 0 saturated heterocycles. The molecule has 4 aliphatic carbocycles. The zero-order chi connectivity index (χ0) is 15.3. The molecule has 2 N–H and O–H groups in total. The van der Waals surface area contributed by atoms with E-state index in [-0.39, 0.29) is 22.8 Å². The average molecular weight is 292 g/mol. The van der Waals surface area contributed by atoms with Crippen molar-refractivity contribution >= 4 is 11.8 Å². The van der Waals surface area contributed by atoms with Gasteiger partial charge in [-0.1, -0.05) is 13.8 Å². The Hall–Kier alpha value is -1.06. The van der Waals surface area contributed by atoms with Gasteiger partial charge in [0, 0.05) is 19.0 Å². The second-order valence-electron chi connectivity index (χ2n) is 8.31. The van der Waals surface area contributed by atoms with Crippen molar-refractivity contribution in [1.29, 1.82) is 0 Å². The first kappa shape index (κ1) is 14.9. The van der Waals surface area contributed by atoms with E-state index < -0.39 is 0 Å². The highest BCUT2D eigenvalue weighted by Crippen LogP contribution is 2.61. The van der Waals surface area contributed by atoms with E-state index in [1.54, 1.807) is 6.92 Å². The van der Waals surface area contributed by atoms with E-state index in [0.717, 1.165) is 38.6 Å². The minimum absolute atomic E-state index is 0.0506. The molecule has 4 bridgehead atoms. The van der Waals surface area contributed by atoms with Crippen LogP contribution in [0.2, 0.25) is 0 Å². The quantitative estimate of drug-likeness (QED) is 0.835. The molecule has 0 aliphatic heterocycles. The first-order chi connectivity index (χ1) is 9.82. The first-order valence-corrected chi connectivity index (χ1v) is 8.40. The molecule has 4 aliphatic rings. The van der Waals surface area contributed by atoms with Gasteiger partial charge >= 0.3 is 0 Å². The molecule has 21 heavy (non-hydrogen) atoms. The Morgan fingerprint density at radius 2 is 1.76 bits per heavy atom. The summed E-state index contributed by atoms with van der Waals surface area (Å²) in [5, 5.41) is 6.37. The van der Waals surface area contributed by atoms with Gasteiger partial charge in [0.15, 0.2) is 0 Å². The molecule has 4 heteroatoms. The lowest BCUT2D eigenvalue weighted by Crippen LogP contribution is -2.65. The highest BCUT2D eigenvalue weighted by Gasteiger charge is 2.60. The number of hydrogen-bond donors (Lipinski definition) is 2. The van der Waals surface area contributed by atoms with E-state index in [0.29, 0.717) is 17.8 Å². The predicted molar refractivity (Wildman–Crippen MR) is 81.5 cm³/mol. The molecule has 4 saturated carbocycles. The normalized spacial score (nSPS) is 40.4. The third-order valence-corrected chi connectivity index (χ3v) is 5.65. The van der Waals surface area contributed by atoms with Crippen LogP contribution in [0.4, 0.5) is 0 Å². The minimum atomic E-state index is -0.221. The minimum Gasteiger partial charge on any atom is -0.355 e.